The van der Waals surface area contributed by atoms with Crippen molar-refractivity contribution in [3.8, 4) is 5.75 Å². The molecule has 1 unspecified atom stereocenters. The summed E-state index contributed by atoms with van der Waals surface area (Å²) < 4.78 is 31.9. The summed E-state index contributed by atoms with van der Waals surface area (Å²) in [6.07, 6.45) is 6.03. The summed E-state index contributed by atoms with van der Waals surface area (Å²) in [5, 5.41) is 3.78. The second-order valence-corrected chi connectivity index (χ2v) is 12.0. The molecule has 0 aliphatic heterocycles. The molecule has 0 saturated heterocycles. The van der Waals surface area contributed by atoms with Crippen molar-refractivity contribution in [3.05, 3.63) is 58.1 Å². The van der Waals surface area contributed by atoms with Gasteiger partial charge in [-0.1, -0.05) is 60.7 Å². The third-order valence-corrected chi connectivity index (χ3v) is 8.24. The van der Waals surface area contributed by atoms with Gasteiger partial charge in [0, 0.05) is 22.6 Å². The first-order chi connectivity index (χ1) is 17.5. The molecule has 1 aliphatic carbocycles. The van der Waals surface area contributed by atoms with Crippen LogP contribution in [-0.4, -0.2) is 57.1 Å². The van der Waals surface area contributed by atoms with Gasteiger partial charge in [-0.05, 0) is 49.6 Å². The number of nitrogens with one attached hydrogen (secondary N) is 1. The number of methoxy groups -OCH3 is 1. The summed E-state index contributed by atoms with van der Waals surface area (Å²) in [6.45, 7) is 1.11. The van der Waals surface area contributed by atoms with Crippen LogP contribution in [0.3, 0.4) is 0 Å². The molecule has 11 heteroatoms. The Morgan fingerprint density at radius 1 is 1.11 bits per heavy atom. The lowest BCUT2D eigenvalue weighted by Gasteiger charge is -2.33. The standard InChI is InChI=1S/C26H33Cl2N3O5S/c1-18(26(33)29-21-10-5-4-6-11-21)30(16-19-9-7-8-12-22(19)28)25(32)17-31(37(3,34)35)23-15-20(27)13-14-24(23)36-2/h7-9,12-15,18,21H,4-6,10-11,16-17H2,1-3H3,(H,29,33). The average Bonchev–Trinajstić information content (AvgIpc) is 2.86. The Hall–Kier alpha value is -2.49. The Kier molecular flexibility index (Phi) is 10.1. The molecule has 0 bridgehead atoms. The molecule has 1 N–H and O–H groups in total. The van der Waals surface area contributed by atoms with Crippen LogP contribution in [0.5, 0.6) is 5.75 Å². The number of rotatable bonds is 10. The van der Waals surface area contributed by atoms with Gasteiger partial charge >= 0.3 is 0 Å². The normalized spacial score (nSPS) is 15.1. The van der Waals surface area contributed by atoms with Crippen LogP contribution in [0, 0.1) is 0 Å². The highest BCUT2D eigenvalue weighted by atomic mass is 35.5. The van der Waals surface area contributed by atoms with Crippen molar-refractivity contribution in [1.29, 1.82) is 0 Å². The Morgan fingerprint density at radius 3 is 2.41 bits per heavy atom. The molecule has 37 heavy (non-hydrogen) atoms. The van der Waals surface area contributed by atoms with Gasteiger partial charge in [-0.2, -0.15) is 0 Å². The Balaban J connectivity index is 1.93. The van der Waals surface area contributed by atoms with Crippen molar-refractivity contribution in [1.82, 2.24) is 10.2 Å². The van der Waals surface area contributed by atoms with Gasteiger partial charge in [-0.15, -0.1) is 0 Å². The molecule has 2 aromatic carbocycles. The van der Waals surface area contributed by atoms with Gasteiger partial charge < -0.3 is 15.0 Å². The van der Waals surface area contributed by atoms with E-state index in [0.717, 1.165) is 42.7 Å². The quantitative estimate of drug-likeness (QED) is 0.449. The van der Waals surface area contributed by atoms with E-state index in [-0.39, 0.29) is 35.0 Å². The topological polar surface area (TPSA) is 96.0 Å². The van der Waals surface area contributed by atoms with Gasteiger partial charge in [0.15, 0.2) is 0 Å². The van der Waals surface area contributed by atoms with E-state index < -0.39 is 28.5 Å². The van der Waals surface area contributed by atoms with E-state index in [0.29, 0.717) is 10.6 Å². The van der Waals surface area contributed by atoms with Gasteiger partial charge in [0.1, 0.15) is 18.3 Å². The van der Waals surface area contributed by atoms with Gasteiger partial charge in [0.2, 0.25) is 21.8 Å². The first-order valence-corrected chi connectivity index (χ1v) is 14.8. The SMILES string of the molecule is COc1ccc(Cl)cc1N(CC(=O)N(Cc1ccccc1Cl)C(C)C(=O)NC1CCCCC1)S(C)(=O)=O. The number of halogens is 2. The minimum atomic E-state index is -3.92. The number of ether oxygens (including phenoxy) is 1. The van der Waals surface area contributed by atoms with Crippen LogP contribution in [0.15, 0.2) is 42.5 Å². The predicted molar refractivity (Wildman–Crippen MR) is 147 cm³/mol. The number of sulfonamides is 1. The molecule has 8 nitrogen and oxygen atoms in total. The third kappa shape index (κ3) is 7.75. The maximum atomic E-state index is 13.7. The number of hydrogen-bond acceptors (Lipinski definition) is 5. The van der Waals surface area contributed by atoms with Crippen molar-refractivity contribution in [3.63, 3.8) is 0 Å². The highest BCUT2D eigenvalue weighted by molar-refractivity contribution is 7.92. The van der Waals surface area contributed by atoms with Gasteiger partial charge in [-0.3, -0.25) is 13.9 Å². The predicted octanol–water partition coefficient (Wildman–Crippen LogP) is 4.63. The molecule has 202 valence electrons. The lowest BCUT2D eigenvalue weighted by atomic mass is 9.95. The van der Waals surface area contributed by atoms with Crippen molar-refractivity contribution >= 4 is 50.7 Å². The number of carbonyl (C=O) groups excluding carboxylic acids is 2. The van der Waals surface area contributed by atoms with Crippen molar-refractivity contribution in [2.24, 2.45) is 0 Å². The highest BCUT2D eigenvalue weighted by Crippen LogP contribution is 2.33. The fourth-order valence-electron chi connectivity index (χ4n) is 4.41. The molecule has 1 aliphatic rings. The summed E-state index contributed by atoms with van der Waals surface area (Å²) in [5.74, 6) is -0.624. The van der Waals surface area contributed by atoms with Crippen molar-refractivity contribution < 1.29 is 22.7 Å². The van der Waals surface area contributed by atoms with Crippen LogP contribution in [0.2, 0.25) is 10.0 Å². The van der Waals surface area contributed by atoms with E-state index in [4.69, 9.17) is 27.9 Å². The molecule has 0 aromatic heterocycles. The summed E-state index contributed by atoms with van der Waals surface area (Å²) in [4.78, 5) is 28.3. The van der Waals surface area contributed by atoms with E-state index in [1.165, 1.54) is 24.1 Å². The van der Waals surface area contributed by atoms with E-state index in [1.54, 1.807) is 37.3 Å². The zero-order chi connectivity index (χ0) is 27.2. The summed E-state index contributed by atoms with van der Waals surface area (Å²) in [7, 11) is -2.53. The van der Waals surface area contributed by atoms with Crippen LogP contribution < -0.4 is 14.4 Å². The maximum Gasteiger partial charge on any atom is 0.244 e. The molecule has 0 radical (unpaired) electrons. The van der Waals surface area contributed by atoms with Gasteiger partial charge in [0.25, 0.3) is 0 Å². The van der Waals surface area contributed by atoms with Crippen molar-refractivity contribution in [2.75, 3.05) is 24.2 Å². The molecular weight excluding hydrogens is 537 g/mol. The smallest absolute Gasteiger partial charge is 0.244 e. The number of nitrogens with zero attached hydrogens (tertiary/aromatic N) is 2. The first-order valence-electron chi connectivity index (χ1n) is 12.2. The molecule has 1 saturated carbocycles. The molecule has 0 heterocycles. The van der Waals surface area contributed by atoms with Crippen LogP contribution in [0.25, 0.3) is 0 Å². The van der Waals surface area contributed by atoms with Crippen molar-refractivity contribution in [2.45, 2.75) is 57.7 Å². The Bertz CT molecular complexity index is 1220. The molecule has 3 rings (SSSR count). The first kappa shape index (κ1) is 29.1. The van der Waals surface area contributed by atoms with Crippen LogP contribution in [0.1, 0.15) is 44.6 Å². The lowest BCUT2D eigenvalue weighted by Crippen LogP contribution is -2.53. The summed E-state index contributed by atoms with van der Waals surface area (Å²) in [5.41, 5.74) is 0.768. The summed E-state index contributed by atoms with van der Waals surface area (Å²) >= 11 is 12.5. The van der Waals surface area contributed by atoms with E-state index in [2.05, 4.69) is 5.32 Å². The maximum absolute atomic E-state index is 13.7. The molecule has 0 spiro atoms. The highest BCUT2D eigenvalue weighted by Gasteiger charge is 2.32. The number of benzene rings is 2. The average molecular weight is 571 g/mol. The lowest BCUT2D eigenvalue weighted by molar-refractivity contribution is -0.139. The second-order valence-electron chi connectivity index (χ2n) is 9.22. The second kappa shape index (κ2) is 12.8. The molecule has 2 amide bonds. The van der Waals surface area contributed by atoms with Crippen LogP contribution >= 0.6 is 23.2 Å². The monoisotopic (exact) mass is 569 g/mol. The van der Waals surface area contributed by atoms with E-state index >= 15 is 0 Å². The minimum Gasteiger partial charge on any atom is -0.495 e. The number of carbonyl (C=O) groups is 2. The number of amides is 2. The van der Waals surface area contributed by atoms with E-state index in [1.807, 2.05) is 0 Å². The zero-order valence-corrected chi connectivity index (χ0v) is 23.6. The number of hydrogen-bond donors (Lipinski definition) is 1. The minimum absolute atomic E-state index is 0.0298. The molecule has 1 fully saturated rings. The molecule has 2 aromatic rings. The Labute approximate surface area is 228 Å². The fourth-order valence-corrected chi connectivity index (χ4v) is 5.62. The Morgan fingerprint density at radius 2 is 1.78 bits per heavy atom. The zero-order valence-electron chi connectivity index (χ0n) is 21.2. The largest absolute Gasteiger partial charge is 0.495 e. The number of anilines is 1. The van der Waals surface area contributed by atoms with Gasteiger partial charge in [-0.25, -0.2) is 8.42 Å². The van der Waals surface area contributed by atoms with Crippen LogP contribution in [0.4, 0.5) is 5.69 Å². The molecular formula is C26H33Cl2N3O5S. The molecule has 1 atom stereocenters. The third-order valence-electron chi connectivity index (χ3n) is 6.51. The van der Waals surface area contributed by atoms with Gasteiger partial charge in [0.05, 0.1) is 19.1 Å². The van der Waals surface area contributed by atoms with E-state index in [9.17, 15) is 18.0 Å². The summed E-state index contributed by atoms with van der Waals surface area (Å²) in [6, 6.07) is 10.7. The van der Waals surface area contributed by atoms with Crippen LogP contribution in [-0.2, 0) is 26.2 Å². The fraction of sp³-hybridized carbons (Fsp3) is 0.462.